The van der Waals surface area contributed by atoms with Crippen molar-refractivity contribution in [2.24, 2.45) is 7.05 Å². The Morgan fingerprint density at radius 1 is 1.13 bits per heavy atom. The molecule has 7 heteroatoms. The van der Waals surface area contributed by atoms with Gasteiger partial charge in [-0.3, -0.25) is 4.68 Å². The maximum atomic E-state index is 12.8. The highest BCUT2D eigenvalue weighted by atomic mass is 35.5. The fraction of sp³-hybridized carbons (Fsp3) is 0.304. The number of carbonyl (C=O) groups is 1. The Labute approximate surface area is 181 Å². The zero-order valence-corrected chi connectivity index (χ0v) is 17.9. The third-order valence-corrected chi connectivity index (χ3v) is 5.59. The van der Waals surface area contributed by atoms with Crippen molar-refractivity contribution in [3.63, 3.8) is 0 Å². The monoisotopic (exact) mass is 424 g/mol. The van der Waals surface area contributed by atoms with E-state index in [9.17, 15) is 4.79 Å². The summed E-state index contributed by atoms with van der Waals surface area (Å²) in [5, 5.41) is 8.33. The molecule has 4 rings (SSSR count). The van der Waals surface area contributed by atoms with Crippen molar-refractivity contribution >= 4 is 23.3 Å². The Bertz CT molecular complexity index is 1030. The van der Waals surface area contributed by atoms with Crippen LogP contribution in [0.2, 0.25) is 5.02 Å². The van der Waals surface area contributed by atoms with Crippen LogP contribution in [0.5, 0.6) is 0 Å². The molecule has 2 amide bonds. The number of rotatable bonds is 5. The Kier molecular flexibility index (Phi) is 6.06. The minimum atomic E-state index is -0.0959. The van der Waals surface area contributed by atoms with Gasteiger partial charge in [0.25, 0.3) is 0 Å². The van der Waals surface area contributed by atoms with Crippen LogP contribution in [-0.4, -0.2) is 27.3 Å². The summed E-state index contributed by atoms with van der Waals surface area (Å²) >= 11 is 5.93. The van der Waals surface area contributed by atoms with E-state index in [0.29, 0.717) is 31.3 Å². The molecule has 3 aromatic rings. The smallest absolute Gasteiger partial charge is 0.322 e. The summed E-state index contributed by atoms with van der Waals surface area (Å²) in [7, 11) is 1.95. The largest absolute Gasteiger partial charge is 0.370 e. The van der Waals surface area contributed by atoms with Crippen LogP contribution >= 0.6 is 11.6 Å². The van der Waals surface area contributed by atoms with Crippen molar-refractivity contribution in [2.45, 2.75) is 33.1 Å². The Balaban J connectivity index is 1.40. The lowest BCUT2D eigenvalue weighted by Gasteiger charge is -2.28. The lowest BCUT2D eigenvalue weighted by Crippen LogP contribution is -2.39. The second-order valence-corrected chi connectivity index (χ2v) is 8.02. The molecule has 30 heavy (non-hydrogen) atoms. The number of aromatic nitrogens is 2. The molecular formula is C23H25ClN4O2. The van der Waals surface area contributed by atoms with Crippen LogP contribution in [0, 0.1) is 6.92 Å². The molecule has 0 atom stereocenters. The van der Waals surface area contributed by atoms with E-state index in [4.69, 9.17) is 16.3 Å². The second-order valence-electron chi connectivity index (χ2n) is 7.58. The number of benzene rings is 2. The lowest BCUT2D eigenvalue weighted by molar-refractivity contribution is 0.103. The molecule has 1 aliphatic heterocycles. The number of hydrogen-bond acceptors (Lipinski definition) is 3. The molecule has 0 saturated carbocycles. The summed E-state index contributed by atoms with van der Waals surface area (Å²) in [6.45, 7) is 4.10. The summed E-state index contributed by atoms with van der Waals surface area (Å²) in [6.07, 6.45) is 0.775. The van der Waals surface area contributed by atoms with Crippen molar-refractivity contribution in [1.82, 2.24) is 14.7 Å². The second kappa shape index (κ2) is 8.90. The van der Waals surface area contributed by atoms with Gasteiger partial charge in [0.1, 0.15) is 0 Å². The highest BCUT2D eigenvalue weighted by Gasteiger charge is 2.26. The number of urea groups is 1. The van der Waals surface area contributed by atoms with Crippen LogP contribution in [-0.2, 0) is 38.0 Å². The molecule has 0 fully saturated rings. The predicted octanol–water partition coefficient (Wildman–Crippen LogP) is 4.69. The van der Waals surface area contributed by atoms with Crippen LogP contribution in [0.15, 0.2) is 48.5 Å². The number of hydrogen-bond donors (Lipinski definition) is 1. The van der Waals surface area contributed by atoms with Crippen LogP contribution < -0.4 is 5.32 Å². The number of ether oxygens (including phenoxy) is 1. The summed E-state index contributed by atoms with van der Waals surface area (Å²) in [5.41, 5.74) is 6.15. The average Bonchev–Trinajstić information content (AvgIpc) is 3.06. The van der Waals surface area contributed by atoms with Crippen molar-refractivity contribution in [1.29, 1.82) is 0 Å². The maximum Gasteiger partial charge on any atom is 0.322 e. The van der Waals surface area contributed by atoms with E-state index < -0.39 is 0 Å². The van der Waals surface area contributed by atoms with Gasteiger partial charge in [0.15, 0.2) is 0 Å². The molecule has 0 saturated heterocycles. The van der Waals surface area contributed by atoms with E-state index in [2.05, 4.69) is 10.4 Å². The van der Waals surface area contributed by atoms with Gasteiger partial charge in [0.05, 0.1) is 25.5 Å². The number of nitrogens with zero attached hydrogens (tertiary/aromatic N) is 3. The molecule has 1 aliphatic rings. The Morgan fingerprint density at radius 2 is 1.87 bits per heavy atom. The molecule has 0 unspecified atom stereocenters. The first-order valence-corrected chi connectivity index (χ1v) is 10.4. The summed E-state index contributed by atoms with van der Waals surface area (Å²) in [4.78, 5) is 14.6. The van der Waals surface area contributed by atoms with Gasteiger partial charge >= 0.3 is 6.03 Å². The van der Waals surface area contributed by atoms with Gasteiger partial charge in [-0.2, -0.15) is 5.10 Å². The third-order valence-electron chi connectivity index (χ3n) is 5.34. The topological polar surface area (TPSA) is 59.4 Å². The molecule has 2 heterocycles. The maximum absolute atomic E-state index is 12.8. The summed E-state index contributed by atoms with van der Waals surface area (Å²) in [6, 6.07) is 15.3. The van der Waals surface area contributed by atoms with E-state index in [1.54, 1.807) is 0 Å². The van der Waals surface area contributed by atoms with Crippen LogP contribution in [0.1, 0.15) is 28.1 Å². The molecule has 1 N–H and O–H groups in total. The first-order valence-electron chi connectivity index (χ1n) is 9.98. The minimum absolute atomic E-state index is 0.0959. The van der Waals surface area contributed by atoms with Crippen LogP contribution in [0.25, 0.3) is 0 Å². The minimum Gasteiger partial charge on any atom is -0.370 e. The molecule has 0 bridgehead atoms. The molecule has 6 nitrogen and oxygen atoms in total. The number of amides is 2. The van der Waals surface area contributed by atoms with Crippen molar-refractivity contribution in [3.8, 4) is 0 Å². The zero-order valence-electron chi connectivity index (χ0n) is 17.2. The first kappa shape index (κ1) is 20.4. The standard InChI is InChI=1S/C23H25ClN4O2/c1-16-3-9-19(10-4-16)25-23(29)28-12-11-22-20(13-28)21(26-27(22)2)15-30-14-17-5-7-18(24)8-6-17/h3-10H,11-15H2,1-2H3,(H,25,29). The fourth-order valence-electron chi connectivity index (χ4n) is 3.64. The van der Waals surface area contributed by atoms with E-state index >= 15 is 0 Å². The number of fused-ring (bicyclic) bond motifs is 1. The highest BCUT2D eigenvalue weighted by molar-refractivity contribution is 6.30. The van der Waals surface area contributed by atoms with E-state index in [0.717, 1.165) is 34.5 Å². The molecule has 0 radical (unpaired) electrons. The van der Waals surface area contributed by atoms with Crippen LogP contribution in [0.4, 0.5) is 10.5 Å². The molecule has 156 valence electrons. The number of nitrogens with one attached hydrogen (secondary N) is 1. The van der Waals surface area contributed by atoms with Crippen molar-refractivity contribution in [3.05, 3.63) is 81.6 Å². The van der Waals surface area contributed by atoms with Crippen molar-refractivity contribution < 1.29 is 9.53 Å². The Hall–Kier alpha value is -2.83. The van der Waals surface area contributed by atoms with Gasteiger partial charge in [0, 0.05) is 42.0 Å². The third kappa shape index (κ3) is 4.66. The normalized spacial score (nSPS) is 13.2. The van der Waals surface area contributed by atoms with Gasteiger partial charge in [-0.25, -0.2) is 4.79 Å². The number of aryl methyl sites for hydroxylation is 2. The van der Waals surface area contributed by atoms with Gasteiger partial charge in [-0.05, 0) is 36.8 Å². The fourth-order valence-corrected chi connectivity index (χ4v) is 3.77. The lowest BCUT2D eigenvalue weighted by atomic mass is 10.1. The SMILES string of the molecule is Cc1ccc(NC(=O)N2CCc3c(c(COCc4ccc(Cl)cc4)nn3C)C2)cc1. The van der Waals surface area contributed by atoms with E-state index in [1.165, 1.54) is 5.69 Å². The summed E-state index contributed by atoms with van der Waals surface area (Å²) in [5.74, 6) is 0. The number of halogens is 1. The van der Waals surface area contributed by atoms with E-state index in [1.807, 2.05) is 72.1 Å². The Morgan fingerprint density at radius 3 is 2.60 bits per heavy atom. The zero-order chi connectivity index (χ0) is 21.1. The first-order chi connectivity index (χ1) is 14.5. The molecule has 0 spiro atoms. The number of carbonyl (C=O) groups excluding carboxylic acids is 1. The molecule has 1 aromatic heterocycles. The van der Waals surface area contributed by atoms with Gasteiger partial charge < -0.3 is 15.0 Å². The quantitative estimate of drug-likeness (QED) is 0.646. The summed E-state index contributed by atoms with van der Waals surface area (Å²) < 4.78 is 7.80. The van der Waals surface area contributed by atoms with Gasteiger partial charge in [-0.15, -0.1) is 0 Å². The van der Waals surface area contributed by atoms with Crippen LogP contribution in [0.3, 0.4) is 0 Å². The number of anilines is 1. The van der Waals surface area contributed by atoms with Gasteiger partial charge in [-0.1, -0.05) is 41.4 Å². The molecular weight excluding hydrogens is 400 g/mol. The van der Waals surface area contributed by atoms with Crippen molar-refractivity contribution in [2.75, 3.05) is 11.9 Å². The van der Waals surface area contributed by atoms with E-state index in [-0.39, 0.29) is 6.03 Å². The predicted molar refractivity (Wildman–Crippen MR) is 117 cm³/mol. The van der Waals surface area contributed by atoms with Gasteiger partial charge in [0.2, 0.25) is 0 Å². The average molecular weight is 425 g/mol. The molecule has 2 aromatic carbocycles. The molecule has 0 aliphatic carbocycles. The highest BCUT2D eigenvalue weighted by Crippen LogP contribution is 2.24.